The minimum absolute atomic E-state index is 0.0367. The number of esters is 3. The van der Waals surface area contributed by atoms with Crippen molar-refractivity contribution in [2.24, 2.45) is 11.8 Å². The highest BCUT2D eigenvalue weighted by Crippen LogP contribution is 2.23. The molecular formula is C39H68O6. The fourth-order valence-electron chi connectivity index (χ4n) is 5.16. The molecule has 0 saturated heterocycles. The molecule has 0 aromatic carbocycles. The zero-order valence-electron chi connectivity index (χ0n) is 30.2. The quantitative estimate of drug-likeness (QED) is 0.0281. The normalized spacial score (nSPS) is 13.5. The molecule has 0 aromatic heterocycles. The lowest BCUT2D eigenvalue weighted by atomic mass is 9.98. The van der Waals surface area contributed by atoms with Gasteiger partial charge in [0.05, 0.1) is 25.4 Å². The van der Waals surface area contributed by atoms with E-state index in [9.17, 15) is 14.4 Å². The van der Waals surface area contributed by atoms with E-state index in [0.29, 0.717) is 25.4 Å². The van der Waals surface area contributed by atoms with Crippen LogP contribution in [-0.4, -0.2) is 37.7 Å². The minimum Gasteiger partial charge on any atom is -0.462 e. The van der Waals surface area contributed by atoms with E-state index in [2.05, 4.69) is 41.2 Å². The fraction of sp³-hybridized carbons (Fsp3) is 0.769. The van der Waals surface area contributed by atoms with E-state index < -0.39 is 17.9 Å². The molecule has 260 valence electrons. The monoisotopic (exact) mass is 633 g/mol. The summed E-state index contributed by atoms with van der Waals surface area (Å²) < 4.78 is 16.8. The molecule has 0 radical (unpaired) electrons. The Hall–Kier alpha value is -2.37. The summed E-state index contributed by atoms with van der Waals surface area (Å²) in [5.41, 5.74) is 0.806. The van der Waals surface area contributed by atoms with E-state index >= 15 is 0 Å². The summed E-state index contributed by atoms with van der Waals surface area (Å²) in [6.07, 6.45) is 21.7. The van der Waals surface area contributed by atoms with Crippen molar-refractivity contribution in [1.29, 1.82) is 0 Å². The summed E-state index contributed by atoms with van der Waals surface area (Å²) in [6.45, 7) is 18.9. The molecule has 45 heavy (non-hydrogen) atoms. The highest BCUT2D eigenvalue weighted by Gasteiger charge is 2.22. The molecule has 0 aliphatic rings. The summed E-state index contributed by atoms with van der Waals surface area (Å²) in [7, 11) is 0. The first kappa shape index (κ1) is 42.6. The lowest BCUT2D eigenvalue weighted by Crippen LogP contribution is -2.19. The summed E-state index contributed by atoms with van der Waals surface area (Å²) in [6, 6.07) is 0. The third-order valence-electron chi connectivity index (χ3n) is 8.68. The number of ether oxygens (including phenoxy) is 3. The standard InChI is InChI=1S/C39H68O6/c1-9-14-17-18-19-20-21-22-23-24-27-43-37(40)31(6)28-36(32(7)38(41)44-29-34(12-4)25-15-10-2)33(8)39(42)45-30-35(13-5)26-16-11-3/h28,34-35H,7,9-27,29-30H2,1-6,8H3/b31-28+,36-33-. The average Bonchev–Trinajstić information content (AvgIpc) is 3.05. The van der Waals surface area contributed by atoms with Crippen LogP contribution in [0.3, 0.4) is 0 Å². The van der Waals surface area contributed by atoms with Gasteiger partial charge in [-0.1, -0.05) is 138 Å². The number of carbonyl (C=O) groups is 3. The van der Waals surface area contributed by atoms with Crippen molar-refractivity contribution in [3.8, 4) is 0 Å². The van der Waals surface area contributed by atoms with Gasteiger partial charge in [-0.25, -0.2) is 14.4 Å². The molecule has 0 amide bonds. The largest absolute Gasteiger partial charge is 0.462 e. The lowest BCUT2D eigenvalue weighted by Gasteiger charge is -2.18. The van der Waals surface area contributed by atoms with Crippen LogP contribution >= 0.6 is 0 Å². The van der Waals surface area contributed by atoms with Crippen LogP contribution < -0.4 is 0 Å². The Labute approximate surface area is 276 Å². The second kappa shape index (κ2) is 27.9. The van der Waals surface area contributed by atoms with E-state index in [0.717, 1.165) is 70.6 Å². The second-order valence-corrected chi connectivity index (χ2v) is 12.7. The van der Waals surface area contributed by atoms with Crippen molar-refractivity contribution < 1.29 is 28.6 Å². The molecule has 0 N–H and O–H groups in total. The first-order valence-electron chi connectivity index (χ1n) is 18.3. The van der Waals surface area contributed by atoms with Gasteiger partial charge in [0.2, 0.25) is 0 Å². The maximum atomic E-state index is 13.2. The number of rotatable bonds is 28. The smallest absolute Gasteiger partial charge is 0.338 e. The third-order valence-corrected chi connectivity index (χ3v) is 8.68. The van der Waals surface area contributed by atoms with Crippen molar-refractivity contribution in [3.63, 3.8) is 0 Å². The summed E-state index contributed by atoms with van der Waals surface area (Å²) in [4.78, 5) is 39.1. The molecule has 6 nitrogen and oxygen atoms in total. The molecule has 0 rings (SSSR count). The van der Waals surface area contributed by atoms with Crippen LogP contribution in [0.2, 0.25) is 0 Å². The molecule has 2 atom stereocenters. The minimum atomic E-state index is -0.593. The summed E-state index contributed by atoms with van der Waals surface area (Å²) >= 11 is 0. The molecule has 0 heterocycles. The van der Waals surface area contributed by atoms with Crippen LogP contribution in [0.15, 0.2) is 34.9 Å². The van der Waals surface area contributed by atoms with E-state index in [1.54, 1.807) is 13.8 Å². The number of allylic oxidation sites excluding steroid dienone is 1. The van der Waals surface area contributed by atoms with Crippen molar-refractivity contribution in [1.82, 2.24) is 0 Å². The zero-order chi connectivity index (χ0) is 33.9. The molecule has 0 bridgehead atoms. The Morgan fingerprint density at radius 1 is 0.578 bits per heavy atom. The van der Waals surface area contributed by atoms with E-state index in [-0.39, 0.29) is 28.6 Å². The second-order valence-electron chi connectivity index (χ2n) is 12.7. The van der Waals surface area contributed by atoms with Crippen molar-refractivity contribution >= 4 is 17.9 Å². The Morgan fingerprint density at radius 3 is 1.49 bits per heavy atom. The van der Waals surface area contributed by atoms with Crippen LogP contribution in [0.5, 0.6) is 0 Å². The summed E-state index contributed by atoms with van der Waals surface area (Å²) in [5.74, 6) is -1.03. The summed E-state index contributed by atoms with van der Waals surface area (Å²) in [5, 5.41) is 0. The van der Waals surface area contributed by atoms with E-state index in [1.165, 1.54) is 51.0 Å². The van der Waals surface area contributed by atoms with E-state index in [4.69, 9.17) is 14.2 Å². The SMILES string of the molecule is C=C(C(=O)OCC(CC)CCCC)C(/C=C(\C)C(=O)OCCCCCCCCCCCC)=C(/C)C(=O)OCC(CC)CCCC. The molecule has 0 aromatic rings. The first-order chi connectivity index (χ1) is 21.7. The van der Waals surface area contributed by atoms with Gasteiger partial charge in [-0.05, 0) is 56.6 Å². The number of unbranched alkanes of at least 4 members (excludes halogenated alkanes) is 11. The van der Waals surface area contributed by atoms with Gasteiger partial charge in [-0.15, -0.1) is 0 Å². The molecule has 0 saturated carbocycles. The molecule has 0 aliphatic heterocycles. The Bertz CT molecular complexity index is 899. The Balaban J connectivity index is 5.42. The predicted octanol–water partition coefficient (Wildman–Crippen LogP) is 10.8. The third kappa shape index (κ3) is 20.4. The van der Waals surface area contributed by atoms with Crippen molar-refractivity contribution in [2.75, 3.05) is 19.8 Å². The molecular weight excluding hydrogens is 564 g/mol. The fourth-order valence-corrected chi connectivity index (χ4v) is 5.16. The molecule has 0 fully saturated rings. The van der Waals surface area contributed by atoms with E-state index in [1.807, 2.05) is 0 Å². The van der Waals surface area contributed by atoms with Crippen molar-refractivity contribution in [3.05, 3.63) is 34.9 Å². The predicted molar refractivity (Wildman–Crippen MR) is 187 cm³/mol. The number of hydrogen-bond acceptors (Lipinski definition) is 6. The highest BCUT2D eigenvalue weighted by molar-refractivity contribution is 6.00. The van der Waals surface area contributed by atoms with Crippen LogP contribution in [0, 0.1) is 11.8 Å². The van der Waals surface area contributed by atoms with Crippen LogP contribution in [0.4, 0.5) is 0 Å². The van der Waals surface area contributed by atoms with Gasteiger partial charge in [0.1, 0.15) is 0 Å². The lowest BCUT2D eigenvalue weighted by molar-refractivity contribution is -0.141. The Kier molecular flexibility index (Phi) is 26.4. The van der Waals surface area contributed by atoms with Gasteiger partial charge in [0.15, 0.2) is 0 Å². The Morgan fingerprint density at radius 2 is 1.02 bits per heavy atom. The van der Waals surface area contributed by atoms with Crippen LogP contribution in [0.1, 0.15) is 164 Å². The van der Waals surface area contributed by atoms with Crippen LogP contribution in [-0.2, 0) is 28.6 Å². The van der Waals surface area contributed by atoms with Gasteiger partial charge < -0.3 is 14.2 Å². The van der Waals surface area contributed by atoms with Gasteiger partial charge in [0.25, 0.3) is 0 Å². The van der Waals surface area contributed by atoms with Gasteiger partial charge >= 0.3 is 17.9 Å². The van der Waals surface area contributed by atoms with Gasteiger partial charge in [-0.3, -0.25) is 0 Å². The maximum absolute atomic E-state index is 13.2. The maximum Gasteiger partial charge on any atom is 0.338 e. The van der Waals surface area contributed by atoms with Gasteiger partial charge in [0, 0.05) is 11.1 Å². The highest BCUT2D eigenvalue weighted by atomic mass is 16.5. The topological polar surface area (TPSA) is 78.9 Å². The molecule has 6 heteroatoms. The number of hydrogen-bond donors (Lipinski definition) is 0. The molecule has 0 aliphatic carbocycles. The molecule has 2 unspecified atom stereocenters. The zero-order valence-corrected chi connectivity index (χ0v) is 30.2. The van der Waals surface area contributed by atoms with Crippen LogP contribution in [0.25, 0.3) is 0 Å². The van der Waals surface area contributed by atoms with Gasteiger partial charge in [-0.2, -0.15) is 0 Å². The number of carbonyl (C=O) groups excluding carboxylic acids is 3. The molecule has 0 spiro atoms. The average molecular weight is 633 g/mol. The van der Waals surface area contributed by atoms with Crippen molar-refractivity contribution in [2.45, 2.75) is 164 Å². The first-order valence-corrected chi connectivity index (χ1v) is 18.3.